The summed E-state index contributed by atoms with van der Waals surface area (Å²) in [5, 5.41) is 11.4. The predicted molar refractivity (Wildman–Crippen MR) is 77.3 cm³/mol. The van der Waals surface area contributed by atoms with E-state index < -0.39 is 0 Å². The standard InChI is InChI=1S/C14H26N4O2/c1-11(2)14(19)5-7-20-8-6-18-10-13(16-17-18)9-15-12(3)4/h10-12,15H,5-9H2,1-4H3. The molecule has 0 aromatic carbocycles. The monoisotopic (exact) mass is 282 g/mol. The summed E-state index contributed by atoms with van der Waals surface area (Å²) in [6, 6.07) is 0.432. The van der Waals surface area contributed by atoms with Gasteiger partial charge < -0.3 is 10.1 Å². The van der Waals surface area contributed by atoms with Crippen molar-refractivity contribution in [1.29, 1.82) is 0 Å². The number of ether oxygens (including phenoxy) is 1. The Bertz CT molecular complexity index is 402. The Labute approximate surface area is 120 Å². The molecule has 0 radical (unpaired) electrons. The summed E-state index contributed by atoms with van der Waals surface area (Å²) in [5.41, 5.74) is 0.925. The van der Waals surface area contributed by atoms with Crippen molar-refractivity contribution >= 4 is 5.78 Å². The van der Waals surface area contributed by atoms with Crippen molar-refractivity contribution in [3.8, 4) is 0 Å². The van der Waals surface area contributed by atoms with Gasteiger partial charge in [0.05, 0.1) is 25.5 Å². The number of nitrogens with one attached hydrogen (secondary N) is 1. The van der Waals surface area contributed by atoms with Gasteiger partial charge in [0.2, 0.25) is 0 Å². The molecular formula is C14H26N4O2. The first-order chi connectivity index (χ1) is 9.49. The van der Waals surface area contributed by atoms with Crippen molar-refractivity contribution in [3.63, 3.8) is 0 Å². The third kappa shape index (κ3) is 6.77. The summed E-state index contributed by atoms with van der Waals surface area (Å²) < 4.78 is 7.21. The molecule has 1 aromatic rings. The Balaban J connectivity index is 2.14. The van der Waals surface area contributed by atoms with Gasteiger partial charge in [-0.05, 0) is 0 Å². The van der Waals surface area contributed by atoms with E-state index >= 15 is 0 Å². The van der Waals surface area contributed by atoms with E-state index in [1.54, 1.807) is 4.68 Å². The van der Waals surface area contributed by atoms with E-state index in [1.165, 1.54) is 0 Å². The van der Waals surface area contributed by atoms with Gasteiger partial charge in [-0.15, -0.1) is 5.10 Å². The maximum Gasteiger partial charge on any atom is 0.137 e. The molecule has 1 rings (SSSR count). The van der Waals surface area contributed by atoms with Crippen molar-refractivity contribution in [2.24, 2.45) is 5.92 Å². The van der Waals surface area contributed by atoms with Gasteiger partial charge in [0, 0.05) is 31.1 Å². The molecule has 0 aliphatic heterocycles. The molecule has 1 aromatic heterocycles. The second kappa shape index (κ2) is 8.81. The second-order valence-corrected chi connectivity index (χ2v) is 5.49. The molecule has 1 heterocycles. The van der Waals surface area contributed by atoms with E-state index in [-0.39, 0.29) is 11.7 Å². The number of rotatable bonds is 10. The normalized spacial score (nSPS) is 11.5. The minimum absolute atomic E-state index is 0.0879. The van der Waals surface area contributed by atoms with Gasteiger partial charge in [-0.3, -0.25) is 4.79 Å². The van der Waals surface area contributed by atoms with Crippen LogP contribution in [-0.4, -0.2) is 40.0 Å². The summed E-state index contributed by atoms with van der Waals surface area (Å²) in [5.74, 6) is 0.331. The SMILES string of the molecule is CC(C)NCc1cn(CCOCCC(=O)C(C)C)nn1. The molecule has 0 fully saturated rings. The molecule has 6 nitrogen and oxygen atoms in total. The average molecular weight is 282 g/mol. The summed E-state index contributed by atoms with van der Waals surface area (Å²) in [6.07, 6.45) is 2.40. The lowest BCUT2D eigenvalue weighted by Crippen LogP contribution is -2.21. The minimum atomic E-state index is 0.0879. The van der Waals surface area contributed by atoms with Gasteiger partial charge in [-0.2, -0.15) is 0 Å². The van der Waals surface area contributed by atoms with Crippen LogP contribution < -0.4 is 5.32 Å². The first-order valence-corrected chi connectivity index (χ1v) is 7.22. The first kappa shape index (κ1) is 16.8. The summed E-state index contributed by atoms with van der Waals surface area (Å²) in [4.78, 5) is 11.4. The fourth-order valence-electron chi connectivity index (χ4n) is 1.56. The van der Waals surface area contributed by atoms with Crippen LogP contribution in [0.1, 0.15) is 39.8 Å². The smallest absolute Gasteiger partial charge is 0.137 e. The number of carbonyl (C=O) groups excluding carboxylic acids is 1. The zero-order chi connectivity index (χ0) is 15.0. The molecule has 0 aliphatic rings. The van der Waals surface area contributed by atoms with Gasteiger partial charge in [0.15, 0.2) is 0 Å². The van der Waals surface area contributed by atoms with E-state index in [2.05, 4.69) is 29.5 Å². The summed E-state index contributed by atoms with van der Waals surface area (Å²) in [6.45, 7) is 10.4. The van der Waals surface area contributed by atoms with E-state index in [1.807, 2.05) is 20.0 Å². The third-order valence-corrected chi connectivity index (χ3v) is 2.88. The number of ketones is 1. The Hall–Kier alpha value is -1.27. The first-order valence-electron chi connectivity index (χ1n) is 7.22. The number of carbonyl (C=O) groups is 1. The van der Waals surface area contributed by atoms with Crippen molar-refractivity contribution in [3.05, 3.63) is 11.9 Å². The molecule has 0 bridgehead atoms. The topological polar surface area (TPSA) is 69.0 Å². The van der Waals surface area contributed by atoms with E-state index in [0.29, 0.717) is 32.2 Å². The zero-order valence-corrected chi connectivity index (χ0v) is 12.9. The van der Waals surface area contributed by atoms with Crippen LogP contribution in [0.2, 0.25) is 0 Å². The van der Waals surface area contributed by atoms with Crippen LogP contribution >= 0.6 is 0 Å². The molecule has 0 atom stereocenters. The molecule has 0 amide bonds. The lowest BCUT2D eigenvalue weighted by molar-refractivity contribution is -0.123. The lowest BCUT2D eigenvalue weighted by atomic mass is 10.1. The highest BCUT2D eigenvalue weighted by Crippen LogP contribution is 1.99. The average Bonchev–Trinajstić information content (AvgIpc) is 2.83. The minimum Gasteiger partial charge on any atom is -0.379 e. The highest BCUT2D eigenvalue weighted by atomic mass is 16.5. The van der Waals surface area contributed by atoms with Crippen LogP contribution in [0.4, 0.5) is 0 Å². The maximum absolute atomic E-state index is 11.4. The number of hydrogen-bond donors (Lipinski definition) is 1. The van der Waals surface area contributed by atoms with Gasteiger partial charge in [-0.25, -0.2) is 4.68 Å². The van der Waals surface area contributed by atoms with E-state index in [0.717, 1.165) is 12.2 Å². The van der Waals surface area contributed by atoms with Crippen LogP contribution in [0.5, 0.6) is 0 Å². The van der Waals surface area contributed by atoms with Crippen LogP contribution in [0.3, 0.4) is 0 Å². The zero-order valence-electron chi connectivity index (χ0n) is 12.9. The fourth-order valence-corrected chi connectivity index (χ4v) is 1.56. The maximum atomic E-state index is 11.4. The number of hydrogen-bond acceptors (Lipinski definition) is 5. The third-order valence-electron chi connectivity index (χ3n) is 2.88. The molecule has 20 heavy (non-hydrogen) atoms. The van der Waals surface area contributed by atoms with Crippen molar-refractivity contribution in [1.82, 2.24) is 20.3 Å². The van der Waals surface area contributed by atoms with E-state index in [4.69, 9.17) is 4.74 Å². The molecular weight excluding hydrogens is 256 g/mol. The quantitative estimate of drug-likeness (QED) is 0.657. The fraction of sp³-hybridized carbons (Fsp3) is 0.786. The summed E-state index contributed by atoms with van der Waals surface area (Å²) in [7, 11) is 0. The van der Waals surface area contributed by atoms with Gasteiger partial charge in [0.25, 0.3) is 0 Å². The molecule has 6 heteroatoms. The Kier molecular flexibility index (Phi) is 7.40. The Morgan fingerprint density at radius 1 is 1.35 bits per heavy atom. The largest absolute Gasteiger partial charge is 0.379 e. The summed E-state index contributed by atoms with van der Waals surface area (Å²) >= 11 is 0. The van der Waals surface area contributed by atoms with Crippen molar-refractivity contribution in [2.45, 2.75) is 53.2 Å². The number of aromatic nitrogens is 3. The van der Waals surface area contributed by atoms with Gasteiger partial charge in [-0.1, -0.05) is 32.9 Å². The second-order valence-electron chi connectivity index (χ2n) is 5.49. The molecule has 0 aliphatic carbocycles. The van der Waals surface area contributed by atoms with Gasteiger partial charge in [0.1, 0.15) is 5.78 Å². The van der Waals surface area contributed by atoms with Crippen molar-refractivity contribution in [2.75, 3.05) is 13.2 Å². The van der Waals surface area contributed by atoms with Crippen molar-refractivity contribution < 1.29 is 9.53 Å². The molecule has 1 N–H and O–H groups in total. The molecule has 114 valence electrons. The highest BCUT2D eigenvalue weighted by molar-refractivity contribution is 5.80. The number of Topliss-reactive ketones (excluding diaryl/α,β-unsaturated/α-hetero) is 1. The number of nitrogens with zero attached hydrogens (tertiary/aromatic N) is 3. The lowest BCUT2D eigenvalue weighted by Gasteiger charge is -2.05. The predicted octanol–water partition coefficient (Wildman–Crippen LogP) is 1.41. The van der Waals surface area contributed by atoms with Crippen LogP contribution in [0.25, 0.3) is 0 Å². The van der Waals surface area contributed by atoms with E-state index in [9.17, 15) is 4.79 Å². The highest BCUT2D eigenvalue weighted by Gasteiger charge is 2.06. The Morgan fingerprint density at radius 2 is 2.10 bits per heavy atom. The van der Waals surface area contributed by atoms with Gasteiger partial charge >= 0.3 is 0 Å². The molecule has 0 saturated heterocycles. The molecule has 0 saturated carbocycles. The molecule has 0 unspecified atom stereocenters. The Morgan fingerprint density at radius 3 is 2.75 bits per heavy atom. The van der Waals surface area contributed by atoms with Crippen LogP contribution in [0.15, 0.2) is 6.20 Å². The molecule has 0 spiro atoms. The van der Waals surface area contributed by atoms with Crippen LogP contribution in [-0.2, 0) is 22.6 Å². The van der Waals surface area contributed by atoms with Crippen LogP contribution in [0, 0.1) is 5.92 Å².